The molecule has 4 nitrogen and oxygen atoms in total. The largest absolute Gasteiger partial charge is 0.508 e. The minimum atomic E-state index is -0.381. The second-order valence-electron chi connectivity index (χ2n) is 6.22. The number of nitrogens with one attached hydrogen (secondary N) is 1. The molecule has 24 heavy (non-hydrogen) atoms. The van der Waals surface area contributed by atoms with Crippen molar-refractivity contribution < 1.29 is 14.4 Å². The SMILES string of the molecule is CCc1cc2c(C[NH+](C)Cc3ccccc3)cc(=O)oc2cc1O. The number of phenolic OH excluding ortho intramolecular Hbond substituents is 1. The van der Waals surface area contributed by atoms with E-state index in [1.165, 1.54) is 10.5 Å². The molecular formula is C20H22NO3+. The summed E-state index contributed by atoms with van der Waals surface area (Å²) in [4.78, 5) is 13.1. The fraction of sp³-hybridized carbons (Fsp3) is 0.250. The molecule has 1 heterocycles. The number of aryl methyl sites for hydroxylation is 1. The minimum Gasteiger partial charge on any atom is -0.508 e. The van der Waals surface area contributed by atoms with Gasteiger partial charge in [0.15, 0.2) is 0 Å². The molecule has 0 aliphatic heterocycles. The van der Waals surface area contributed by atoms with Crippen molar-refractivity contribution in [3.63, 3.8) is 0 Å². The van der Waals surface area contributed by atoms with E-state index in [9.17, 15) is 9.90 Å². The number of phenols is 1. The van der Waals surface area contributed by atoms with Crippen LogP contribution in [-0.2, 0) is 19.5 Å². The van der Waals surface area contributed by atoms with Crippen LogP contribution >= 0.6 is 0 Å². The third-order valence-corrected chi connectivity index (χ3v) is 4.25. The Bertz CT molecular complexity index is 900. The molecule has 0 saturated carbocycles. The van der Waals surface area contributed by atoms with Crippen LogP contribution in [0.3, 0.4) is 0 Å². The van der Waals surface area contributed by atoms with Gasteiger partial charge < -0.3 is 14.4 Å². The summed E-state index contributed by atoms with van der Waals surface area (Å²) in [5.41, 5.74) is 3.13. The first-order valence-corrected chi connectivity index (χ1v) is 8.20. The van der Waals surface area contributed by atoms with Gasteiger partial charge in [0.1, 0.15) is 24.4 Å². The van der Waals surface area contributed by atoms with Gasteiger partial charge in [-0.15, -0.1) is 0 Å². The first-order chi connectivity index (χ1) is 11.6. The van der Waals surface area contributed by atoms with E-state index in [-0.39, 0.29) is 11.4 Å². The summed E-state index contributed by atoms with van der Waals surface area (Å²) in [6.45, 7) is 3.58. The average Bonchev–Trinajstić information content (AvgIpc) is 2.55. The van der Waals surface area contributed by atoms with Crippen LogP contribution in [0, 0.1) is 0 Å². The smallest absolute Gasteiger partial charge is 0.336 e. The lowest BCUT2D eigenvalue weighted by Gasteiger charge is -2.15. The van der Waals surface area contributed by atoms with E-state index >= 15 is 0 Å². The molecule has 0 aliphatic rings. The zero-order chi connectivity index (χ0) is 17.1. The summed E-state index contributed by atoms with van der Waals surface area (Å²) < 4.78 is 5.26. The van der Waals surface area contributed by atoms with Crippen molar-refractivity contribution in [2.45, 2.75) is 26.4 Å². The molecule has 3 aromatic rings. The van der Waals surface area contributed by atoms with E-state index in [2.05, 4.69) is 19.2 Å². The number of aromatic hydroxyl groups is 1. The summed E-state index contributed by atoms with van der Waals surface area (Å²) in [6, 6.07) is 15.3. The van der Waals surface area contributed by atoms with Crippen LogP contribution < -0.4 is 10.5 Å². The van der Waals surface area contributed by atoms with Gasteiger partial charge >= 0.3 is 5.63 Å². The normalized spacial score (nSPS) is 12.4. The average molecular weight is 324 g/mol. The van der Waals surface area contributed by atoms with E-state index < -0.39 is 0 Å². The molecular weight excluding hydrogens is 302 g/mol. The fourth-order valence-corrected chi connectivity index (χ4v) is 3.07. The maximum absolute atomic E-state index is 11.9. The molecule has 2 N–H and O–H groups in total. The fourth-order valence-electron chi connectivity index (χ4n) is 3.07. The Morgan fingerprint density at radius 2 is 1.79 bits per heavy atom. The molecule has 1 atom stereocenters. The first-order valence-electron chi connectivity index (χ1n) is 8.20. The number of hydrogen-bond acceptors (Lipinski definition) is 3. The summed E-state index contributed by atoms with van der Waals surface area (Å²) in [5.74, 6) is 0.176. The topological polar surface area (TPSA) is 54.9 Å². The highest BCUT2D eigenvalue weighted by Gasteiger charge is 2.13. The molecule has 0 radical (unpaired) electrons. The number of fused-ring (bicyclic) bond motifs is 1. The summed E-state index contributed by atoms with van der Waals surface area (Å²) in [7, 11) is 2.11. The van der Waals surface area contributed by atoms with Gasteiger partial charge in [-0.05, 0) is 18.1 Å². The maximum Gasteiger partial charge on any atom is 0.336 e. The van der Waals surface area contributed by atoms with Crippen LogP contribution in [0.5, 0.6) is 5.75 Å². The van der Waals surface area contributed by atoms with Crippen molar-refractivity contribution in [1.82, 2.24) is 0 Å². The van der Waals surface area contributed by atoms with E-state index in [1.807, 2.05) is 31.2 Å². The molecule has 0 spiro atoms. The van der Waals surface area contributed by atoms with Crippen molar-refractivity contribution in [3.05, 3.63) is 75.6 Å². The van der Waals surface area contributed by atoms with Crippen molar-refractivity contribution in [2.24, 2.45) is 0 Å². The minimum absolute atomic E-state index is 0.176. The zero-order valence-electron chi connectivity index (χ0n) is 14.0. The van der Waals surface area contributed by atoms with Crippen molar-refractivity contribution in [1.29, 1.82) is 0 Å². The molecule has 0 fully saturated rings. The lowest BCUT2D eigenvalue weighted by atomic mass is 10.0. The highest BCUT2D eigenvalue weighted by Crippen LogP contribution is 2.26. The number of hydrogen-bond donors (Lipinski definition) is 2. The van der Waals surface area contributed by atoms with Gasteiger partial charge in [-0.25, -0.2) is 4.79 Å². The monoisotopic (exact) mass is 324 g/mol. The van der Waals surface area contributed by atoms with Gasteiger partial charge in [-0.2, -0.15) is 0 Å². The molecule has 1 aromatic heterocycles. The molecule has 2 aromatic carbocycles. The summed E-state index contributed by atoms with van der Waals surface area (Å²) in [5, 5.41) is 10.9. The molecule has 4 heteroatoms. The van der Waals surface area contributed by atoms with Crippen LogP contribution in [0.1, 0.15) is 23.6 Å². The Labute approximate surface area is 141 Å². The number of rotatable bonds is 5. The zero-order valence-corrected chi connectivity index (χ0v) is 14.0. The van der Waals surface area contributed by atoms with Gasteiger partial charge in [-0.3, -0.25) is 0 Å². The molecule has 0 bridgehead atoms. The highest BCUT2D eigenvalue weighted by molar-refractivity contribution is 5.82. The van der Waals surface area contributed by atoms with Crippen molar-refractivity contribution >= 4 is 11.0 Å². The molecule has 3 rings (SSSR count). The van der Waals surface area contributed by atoms with Gasteiger partial charge in [0.25, 0.3) is 0 Å². The second-order valence-corrected chi connectivity index (χ2v) is 6.22. The number of benzene rings is 2. The lowest BCUT2D eigenvalue weighted by Crippen LogP contribution is -3.06. The summed E-state index contributed by atoms with van der Waals surface area (Å²) in [6.07, 6.45) is 0.729. The molecule has 124 valence electrons. The van der Waals surface area contributed by atoms with Gasteiger partial charge in [0.2, 0.25) is 0 Å². The predicted molar refractivity (Wildman–Crippen MR) is 94.3 cm³/mol. The first kappa shape index (κ1) is 16.3. The van der Waals surface area contributed by atoms with Crippen molar-refractivity contribution in [2.75, 3.05) is 7.05 Å². The van der Waals surface area contributed by atoms with Crippen LogP contribution in [-0.4, -0.2) is 12.2 Å². The Morgan fingerprint density at radius 3 is 2.50 bits per heavy atom. The molecule has 0 aliphatic carbocycles. The van der Waals surface area contributed by atoms with Crippen LogP contribution in [0.25, 0.3) is 11.0 Å². The van der Waals surface area contributed by atoms with E-state index in [4.69, 9.17) is 4.42 Å². The maximum atomic E-state index is 11.9. The Hall–Kier alpha value is -2.59. The van der Waals surface area contributed by atoms with Crippen LogP contribution in [0.15, 0.2) is 57.7 Å². The molecule has 0 saturated heterocycles. The predicted octanol–water partition coefficient (Wildman–Crippen LogP) is 2.28. The third kappa shape index (κ3) is 3.49. The standard InChI is InChI=1S/C20H21NO3/c1-3-15-9-17-16(10-20(23)24-19(17)11-18(15)22)13-21(2)12-14-7-5-4-6-8-14/h4-11,22H,3,12-13H2,1-2H3/p+1. The second kappa shape index (κ2) is 6.89. The Kier molecular flexibility index (Phi) is 4.67. The molecule has 0 amide bonds. The van der Waals surface area contributed by atoms with Gasteiger partial charge in [0.05, 0.1) is 7.05 Å². The van der Waals surface area contributed by atoms with E-state index in [1.54, 1.807) is 12.1 Å². The van der Waals surface area contributed by atoms with Gasteiger partial charge in [-0.1, -0.05) is 37.3 Å². The highest BCUT2D eigenvalue weighted by atomic mass is 16.4. The van der Waals surface area contributed by atoms with Crippen LogP contribution in [0.2, 0.25) is 0 Å². The number of quaternary nitrogens is 1. The Balaban J connectivity index is 1.94. The van der Waals surface area contributed by atoms with Crippen LogP contribution in [0.4, 0.5) is 0 Å². The lowest BCUT2D eigenvalue weighted by molar-refractivity contribution is -0.907. The molecule has 1 unspecified atom stereocenters. The van der Waals surface area contributed by atoms with E-state index in [0.717, 1.165) is 29.5 Å². The van der Waals surface area contributed by atoms with Crippen molar-refractivity contribution in [3.8, 4) is 5.75 Å². The quantitative estimate of drug-likeness (QED) is 0.708. The van der Waals surface area contributed by atoms with Gasteiger partial charge in [0, 0.05) is 28.6 Å². The summed E-state index contributed by atoms with van der Waals surface area (Å²) >= 11 is 0. The Morgan fingerprint density at radius 1 is 1.04 bits per heavy atom. The van der Waals surface area contributed by atoms with E-state index in [0.29, 0.717) is 12.1 Å². The third-order valence-electron chi connectivity index (χ3n) is 4.25.